The van der Waals surface area contributed by atoms with Gasteiger partial charge >= 0.3 is 6.03 Å². The lowest BCUT2D eigenvalue weighted by atomic mass is 10.2. The maximum absolute atomic E-state index is 12.0. The van der Waals surface area contributed by atoms with E-state index < -0.39 is 0 Å². The summed E-state index contributed by atoms with van der Waals surface area (Å²) in [5.74, 6) is 0. The molecule has 1 aliphatic rings. The summed E-state index contributed by atoms with van der Waals surface area (Å²) in [6, 6.07) is 2.13. The van der Waals surface area contributed by atoms with Gasteiger partial charge in [0.1, 0.15) is 0 Å². The summed E-state index contributed by atoms with van der Waals surface area (Å²) in [4.78, 5) is 18.3. The van der Waals surface area contributed by atoms with Crippen molar-refractivity contribution in [2.45, 2.75) is 26.4 Å². The number of pyridine rings is 1. The van der Waals surface area contributed by atoms with E-state index in [1.807, 2.05) is 11.1 Å². The Hall–Kier alpha value is 0.140. The molecule has 0 radical (unpaired) electrons. The van der Waals surface area contributed by atoms with Crippen LogP contribution in [0.5, 0.6) is 0 Å². The number of fused-ring (bicyclic) bond motifs is 1. The summed E-state index contributed by atoms with van der Waals surface area (Å²) in [6.07, 6.45) is 2.83. The van der Waals surface area contributed by atoms with Crippen molar-refractivity contribution in [3.63, 3.8) is 0 Å². The zero-order valence-electron chi connectivity index (χ0n) is 10.9. The van der Waals surface area contributed by atoms with Crippen molar-refractivity contribution in [2.75, 3.05) is 6.54 Å². The topological polar surface area (TPSA) is 45.2 Å². The summed E-state index contributed by atoms with van der Waals surface area (Å²) >= 11 is 0. The number of hydrogen-bond acceptors (Lipinski definition) is 2. The van der Waals surface area contributed by atoms with Gasteiger partial charge in [0.2, 0.25) is 0 Å². The van der Waals surface area contributed by atoms with Crippen LogP contribution >= 0.6 is 33.1 Å². The van der Waals surface area contributed by atoms with Crippen molar-refractivity contribution in [3.8, 4) is 0 Å². The Kier molecular flexibility index (Phi) is 5.91. The number of nitrogens with one attached hydrogen (secondary N) is 1. The molecule has 2 rings (SSSR count). The van der Waals surface area contributed by atoms with Gasteiger partial charge in [-0.05, 0) is 25.1 Å². The van der Waals surface area contributed by atoms with E-state index in [0.29, 0.717) is 13.1 Å². The quantitative estimate of drug-likeness (QED) is 0.862. The van der Waals surface area contributed by atoms with Crippen LogP contribution in [0.25, 0.3) is 0 Å². The van der Waals surface area contributed by atoms with E-state index in [1.54, 1.807) is 0 Å². The van der Waals surface area contributed by atoms with Crippen molar-refractivity contribution in [1.82, 2.24) is 15.2 Å². The van der Waals surface area contributed by atoms with Gasteiger partial charge < -0.3 is 10.2 Å². The van der Waals surface area contributed by atoms with E-state index in [4.69, 9.17) is 0 Å². The Morgan fingerprint density at radius 2 is 2.42 bits per heavy atom. The molecule has 0 aliphatic carbocycles. The second-order valence-electron chi connectivity index (χ2n) is 4.33. The molecule has 0 saturated heterocycles. The summed E-state index contributed by atoms with van der Waals surface area (Å²) in [5, 5.41) is 4.30. The lowest BCUT2D eigenvalue weighted by Gasteiger charge is -2.22. The molecule has 1 aromatic heterocycles. The fourth-order valence-electron chi connectivity index (χ4n) is 2.13. The number of nitrogens with zero attached hydrogens (tertiary/aromatic N) is 2. The van der Waals surface area contributed by atoms with Crippen LogP contribution in [0.2, 0.25) is 0 Å². The van der Waals surface area contributed by atoms with Crippen LogP contribution in [0.15, 0.2) is 12.3 Å². The molecule has 1 aliphatic heterocycles. The number of urea groups is 1. The van der Waals surface area contributed by atoms with Gasteiger partial charge in [-0.2, -0.15) is 0 Å². The largest absolute Gasteiger partial charge is 0.332 e. The SMILES string of the molecule is CCCN1Cc2c(P(P)PP)ccnc2CNC1=O. The van der Waals surface area contributed by atoms with Gasteiger partial charge in [0, 0.05) is 24.8 Å². The molecular formula is C11H19N3OP4. The Morgan fingerprint density at radius 3 is 3.11 bits per heavy atom. The molecule has 2 amide bonds. The van der Waals surface area contributed by atoms with Crippen LogP contribution < -0.4 is 10.6 Å². The summed E-state index contributed by atoms with van der Waals surface area (Å²) in [7, 11) is 6.34. The average Bonchev–Trinajstić information content (AvgIpc) is 2.58. The third-order valence-corrected chi connectivity index (χ3v) is 13.2. The lowest BCUT2D eigenvalue weighted by Crippen LogP contribution is -2.37. The minimum atomic E-state index is -0.241. The fraction of sp³-hybridized carbons (Fsp3) is 0.455. The summed E-state index contributed by atoms with van der Waals surface area (Å²) in [5.41, 5.74) is 2.26. The average molecular weight is 333 g/mol. The Balaban J connectivity index is 2.37. The van der Waals surface area contributed by atoms with Crippen LogP contribution in [-0.4, -0.2) is 22.5 Å². The predicted octanol–water partition coefficient (Wildman–Crippen LogP) is 2.80. The molecule has 4 unspecified atom stereocenters. The first-order valence-electron chi connectivity index (χ1n) is 6.18. The van der Waals surface area contributed by atoms with Crippen molar-refractivity contribution < 1.29 is 4.79 Å². The van der Waals surface area contributed by atoms with Gasteiger partial charge in [-0.1, -0.05) is 14.9 Å². The lowest BCUT2D eigenvalue weighted by molar-refractivity contribution is 0.197. The highest BCUT2D eigenvalue weighted by molar-refractivity contribution is 8.63. The first-order valence-corrected chi connectivity index (χ1v) is 12.8. The van der Waals surface area contributed by atoms with Crippen molar-refractivity contribution >= 4 is 44.4 Å². The third-order valence-electron chi connectivity index (χ3n) is 3.06. The number of carbonyl (C=O) groups is 1. The van der Waals surface area contributed by atoms with Gasteiger partial charge in [0.15, 0.2) is 0 Å². The Morgan fingerprint density at radius 1 is 1.63 bits per heavy atom. The molecule has 2 heterocycles. The first-order chi connectivity index (χ1) is 9.17. The number of hydrogen-bond donors (Lipinski definition) is 1. The molecule has 104 valence electrons. The Labute approximate surface area is 121 Å². The normalized spacial score (nSPS) is 17.2. The van der Waals surface area contributed by atoms with Crippen LogP contribution in [0, 0.1) is 0 Å². The second-order valence-corrected chi connectivity index (χ2v) is 13.5. The van der Waals surface area contributed by atoms with Crippen LogP contribution in [0.4, 0.5) is 4.79 Å². The van der Waals surface area contributed by atoms with E-state index in [0.717, 1.165) is 26.6 Å². The Bertz CT molecular complexity index is 471. The molecule has 0 saturated carbocycles. The highest BCUT2D eigenvalue weighted by atomic mass is 32.6. The van der Waals surface area contributed by atoms with Crippen LogP contribution in [0.3, 0.4) is 0 Å². The maximum atomic E-state index is 12.0. The molecule has 4 atom stereocenters. The van der Waals surface area contributed by atoms with Crippen LogP contribution in [0.1, 0.15) is 24.6 Å². The van der Waals surface area contributed by atoms with E-state index >= 15 is 0 Å². The van der Waals surface area contributed by atoms with Gasteiger partial charge in [0.05, 0.1) is 12.2 Å². The molecule has 0 fully saturated rings. The van der Waals surface area contributed by atoms with Gasteiger partial charge in [-0.3, -0.25) is 4.98 Å². The van der Waals surface area contributed by atoms with E-state index in [-0.39, 0.29) is 13.3 Å². The van der Waals surface area contributed by atoms with Gasteiger partial charge in [-0.15, -0.1) is 17.9 Å². The molecule has 0 spiro atoms. The smallest absolute Gasteiger partial charge is 0.318 e. The number of rotatable bonds is 4. The van der Waals surface area contributed by atoms with Crippen molar-refractivity contribution in [1.29, 1.82) is 0 Å². The van der Waals surface area contributed by atoms with E-state index in [9.17, 15) is 4.79 Å². The molecule has 8 heteroatoms. The molecule has 4 nitrogen and oxygen atoms in total. The fourth-order valence-corrected chi connectivity index (χ4v) is 6.01. The molecule has 19 heavy (non-hydrogen) atoms. The standard InChI is InChI=1S/C11H19N3OP4/c1-2-5-14-7-8-9(6-13-11(14)15)12-4-3-10(8)19(17)18-16/h3-4,18H,2,5-7,16-17H2,1H3,(H,13,15). The molecule has 1 aromatic rings. The molecule has 1 N–H and O–H groups in total. The number of carbonyl (C=O) groups excluding carboxylic acids is 1. The zero-order valence-corrected chi connectivity index (χ0v) is 15.1. The minimum absolute atomic E-state index is 0.0206. The molecule has 0 bridgehead atoms. The van der Waals surface area contributed by atoms with Gasteiger partial charge in [0.25, 0.3) is 0 Å². The maximum Gasteiger partial charge on any atom is 0.318 e. The number of aromatic nitrogens is 1. The molecule has 0 aromatic carbocycles. The highest BCUT2D eigenvalue weighted by Gasteiger charge is 2.23. The minimum Gasteiger partial charge on any atom is -0.332 e. The monoisotopic (exact) mass is 333 g/mol. The highest BCUT2D eigenvalue weighted by Crippen LogP contribution is 2.65. The summed E-state index contributed by atoms with van der Waals surface area (Å²) in [6.45, 7) is 4.10. The van der Waals surface area contributed by atoms with E-state index in [1.165, 1.54) is 10.9 Å². The van der Waals surface area contributed by atoms with E-state index in [2.05, 4.69) is 41.1 Å². The second kappa shape index (κ2) is 7.24. The first kappa shape index (κ1) is 15.5. The summed E-state index contributed by atoms with van der Waals surface area (Å²) < 4.78 is 0. The predicted molar refractivity (Wildman–Crippen MR) is 91.5 cm³/mol. The zero-order chi connectivity index (χ0) is 13.8. The third kappa shape index (κ3) is 3.62. The number of amides is 2. The van der Waals surface area contributed by atoms with Crippen molar-refractivity contribution in [2.24, 2.45) is 0 Å². The van der Waals surface area contributed by atoms with Gasteiger partial charge in [-0.25, -0.2) is 4.79 Å². The van der Waals surface area contributed by atoms with Crippen molar-refractivity contribution in [3.05, 3.63) is 23.5 Å². The van der Waals surface area contributed by atoms with Crippen LogP contribution in [-0.2, 0) is 13.1 Å². The molecular weight excluding hydrogens is 314 g/mol.